The molecule has 3 aromatic carbocycles. The minimum atomic E-state index is 0.598. The van der Waals surface area contributed by atoms with Crippen molar-refractivity contribution in [2.45, 2.75) is 116 Å². The molecule has 54 heavy (non-hydrogen) atoms. The number of hydrogen-bond donors (Lipinski definition) is 0. The highest BCUT2D eigenvalue weighted by Crippen LogP contribution is 2.76. The number of pyridine rings is 2. The predicted octanol–water partition coefficient (Wildman–Crippen LogP) is 13.0. The van der Waals surface area contributed by atoms with Gasteiger partial charge >= 0.3 is 0 Å². The van der Waals surface area contributed by atoms with Crippen molar-refractivity contribution < 1.29 is 0 Å². The molecular formula is C51H49N3. The maximum atomic E-state index is 5.63. The highest BCUT2D eigenvalue weighted by atomic mass is 15.0. The van der Waals surface area contributed by atoms with Gasteiger partial charge in [0, 0.05) is 44.8 Å². The first kappa shape index (κ1) is 30.0. The van der Waals surface area contributed by atoms with E-state index in [9.17, 15) is 0 Å². The third-order valence-electron chi connectivity index (χ3n) is 17.6. The standard InChI is InChI=1S/C51H49N3/c1-24-7-5-8-25(2)40(24)36-19-37(41-26(3)9-6-10-27(41)4)45-47-39(23-53-49-33-17-35-18-34-16-32(43(47)49)20-51(34,35)21-33)54-38-22-52-48-31-14-28-11-29(15-31)13-30(12-28)42(48)46(38)44(36)50(45)54/h5-10,19,22-23,28-35H,11-18,20-21H2,1-4H3. The molecule has 15 rings (SSSR count). The monoisotopic (exact) mass is 703 g/mol. The molecule has 4 heterocycles. The number of nitrogens with zero attached hydrogens (tertiary/aromatic N) is 3. The molecule has 8 aliphatic carbocycles. The number of aryl methyl sites for hydroxylation is 4. The van der Waals surface area contributed by atoms with Crippen LogP contribution in [0.4, 0.5) is 0 Å². The van der Waals surface area contributed by atoms with E-state index in [4.69, 9.17) is 9.97 Å². The molecule has 1 spiro atoms. The van der Waals surface area contributed by atoms with Crippen LogP contribution < -0.4 is 0 Å². The van der Waals surface area contributed by atoms with Gasteiger partial charge in [0.2, 0.25) is 0 Å². The van der Waals surface area contributed by atoms with Crippen molar-refractivity contribution in [1.29, 1.82) is 0 Å². The first-order valence-corrected chi connectivity index (χ1v) is 21.6. The van der Waals surface area contributed by atoms with Gasteiger partial charge in [0.1, 0.15) is 0 Å². The Labute approximate surface area is 317 Å². The molecule has 0 amide bonds. The third kappa shape index (κ3) is 3.38. The summed E-state index contributed by atoms with van der Waals surface area (Å²) in [4.78, 5) is 11.2. The van der Waals surface area contributed by atoms with E-state index < -0.39 is 0 Å². The smallest absolute Gasteiger partial charge is 0.0728 e. The highest BCUT2D eigenvalue weighted by Gasteiger charge is 2.66. The first-order chi connectivity index (χ1) is 26.4. The van der Waals surface area contributed by atoms with E-state index in [0.29, 0.717) is 29.1 Å². The lowest BCUT2D eigenvalue weighted by molar-refractivity contribution is 0.00321. The van der Waals surface area contributed by atoms with E-state index in [0.717, 1.165) is 23.7 Å². The summed E-state index contributed by atoms with van der Waals surface area (Å²) in [5.74, 6) is 6.06. The number of rotatable bonds is 2. The molecule has 0 N–H and O–H groups in total. The minimum absolute atomic E-state index is 0.598. The van der Waals surface area contributed by atoms with Crippen molar-refractivity contribution in [1.82, 2.24) is 14.4 Å². The van der Waals surface area contributed by atoms with Gasteiger partial charge in [0.05, 0.1) is 28.9 Å². The molecule has 5 fully saturated rings. The lowest BCUT2D eigenvalue weighted by Crippen LogP contribution is -2.41. The van der Waals surface area contributed by atoms with E-state index in [-0.39, 0.29) is 0 Å². The number of benzene rings is 3. The molecule has 3 nitrogen and oxygen atoms in total. The Kier molecular flexibility index (Phi) is 5.43. The molecule has 5 saturated carbocycles. The van der Waals surface area contributed by atoms with Crippen molar-refractivity contribution in [3.63, 3.8) is 0 Å². The lowest BCUT2D eigenvalue weighted by atomic mass is 9.56. The highest BCUT2D eigenvalue weighted by molar-refractivity contribution is 6.32. The zero-order valence-corrected chi connectivity index (χ0v) is 32.2. The van der Waals surface area contributed by atoms with Crippen LogP contribution in [0.2, 0.25) is 0 Å². The van der Waals surface area contributed by atoms with Crippen molar-refractivity contribution in [2.24, 2.45) is 29.1 Å². The SMILES string of the molecule is Cc1cccc(C)c1-c1cc(-c2c(C)cccc2C)c2c3c4c(ncc3n3c5cnc6c(c5c1c23)C1CC2CC(CC6C2)C1)C1CC2CC3CC4CC23C1. The number of fused-ring (bicyclic) bond motifs is 12. The summed E-state index contributed by atoms with van der Waals surface area (Å²) in [7, 11) is 0. The molecule has 0 saturated heterocycles. The van der Waals surface area contributed by atoms with Gasteiger partial charge in [0.25, 0.3) is 0 Å². The van der Waals surface area contributed by atoms with Gasteiger partial charge in [-0.25, -0.2) is 0 Å². The van der Waals surface area contributed by atoms with Gasteiger partial charge in [-0.2, -0.15) is 0 Å². The molecule has 8 aliphatic rings. The van der Waals surface area contributed by atoms with Crippen LogP contribution in [0.15, 0.2) is 54.9 Å². The zero-order valence-electron chi connectivity index (χ0n) is 32.2. The maximum absolute atomic E-state index is 5.63. The third-order valence-corrected chi connectivity index (χ3v) is 17.6. The van der Waals surface area contributed by atoms with Crippen LogP contribution in [0.5, 0.6) is 0 Å². The summed E-state index contributed by atoms with van der Waals surface area (Å²) in [5.41, 5.74) is 22.1. The molecule has 3 heteroatoms. The molecule has 7 atom stereocenters. The van der Waals surface area contributed by atoms with E-state index >= 15 is 0 Å². The zero-order chi connectivity index (χ0) is 35.5. The van der Waals surface area contributed by atoms with Gasteiger partial charge in [-0.05, 0) is 195 Å². The number of aromatic nitrogens is 3. The van der Waals surface area contributed by atoms with E-state index in [1.807, 2.05) is 0 Å². The molecular weight excluding hydrogens is 655 g/mol. The van der Waals surface area contributed by atoms with Crippen LogP contribution in [0.1, 0.15) is 133 Å². The van der Waals surface area contributed by atoms with Crippen LogP contribution in [-0.4, -0.2) is 14.4 Å². The Morgan fingerprint density at radius 3 is 1.63 bits per heavy atom. The predicted molar refractivity (Wildman–Crippen MR) is 220 cm³/mol. The molecule has 268 valence electrons. The molecule has 7 unspecified atom stereocenters. The van der Waals surface area contributed by atoms with Gasteiger partial charge in [-0.1, -0.05) is 36.4 Å². The topological polar surface area (TPSA) is 30.2 Å². The quantitative estimate of drug-likeness (QED) is 0.179. The summed E-state index contributed by atoms with van der Waals surface area (Å²) in [6.45, 7) is 9.38. The van der Waals surface area contributed by atoms with Crippen molar-refractivity contribution in [3.8, 4) is 22.3 Å². The van der Waals surface area contributed by atoms with E-state index in [2.05, 4.69) is 87.0 Å². The van der Waals surface area contributed by atoms with Gasteiger partial charge in [0.15, 0.2) is 0 Å². The fraction of sp³-hybridized carbons (Fsp3) is 0.451. The Morgan fingerprint density at radius 2 is 1.04 bits per heavy atom. The lowest BCUT2D eigenvalue weighted by Gasteiger charge is -2.48. The second-order valence-electron chi connectivity index (χ2n) is 20.0. The van der Waals surface area contributed by atoms with Crippen molar-refractivity contribution in [3.05, 3.63) is 99.6 Å². The average molecular weight is 704 g/mol. The summed E-state index contributed by atoms with van der Waals surface area (Å²) >= 11 is 0. The van der Waals surface area contributed by atoms with Crippen LogP contribution in [0.25, 0.3) is 60.3 Å². The van der Waals surface area contributed by atoms with Crippen LogP contribution in [-0.2, 0) is 0 Å². The molecule has 0 aliphatic heterocycles. The molecule has 4 aromatic heterocycles. The molecule has 0 radical (unpaired) electrons. The maximum Gasteiger partial charge on any atom is 0.0728 e. The Bertz CT molecular complexity index is 2800. The summed E-state index contributed by atoms with van der Waals surface area (Å²) in [5, 5.41) is 6.06. The van der Waals surface area contributed by atoms with Crippen molar-refractivity contribution >= 4 is 38.1 Å². The van der Waals surface area contributed by atoms with Gasteiger partial charge in [-0.3, -0.25) is 9.97 Å². The van der Waals surface area contributed by atoms with Gasteiger partial charge < -0.3 is 4.40 Å². The molecule has 7 bridgehead atoms. The Morgan fingerprint density at radius 1 is 0.537 bits per heavy atom. The average Bonchev–Trinajstić information content (AvgIpc) is 3.79. The minimum Gasteiger partial charge on any atom is -0.305 e. The first-order valence-electron chi connectivity index (χ1n) is 21.6. The number of hydrogen-bond acceptors (Lipinski definition) is 2. The second kappa shape index (κ2) is 9.76. The van der Waals surface area contributed by atoms with Gasteiger partial charge in [-0.15, -0.1) is 0 Å². The van der Waals surface area contributed by atoms with E-state index in [1.165, 1.54) is 158 Å². The largest absolute Gasteiger partial charge is 0.305 e. The summed E-state index contributed by atoms with van der Waals surface area (Å²) < 4.78 is 2.72. The summed E-state index contributed by atoms with van der Waals surface area (Å²) in [6, 6.07) is 16.6. The fourth-order valence-electron chi connectivity index (χ4n) is 16.0. The fourth-order valence-corrected chi connectivity index (χ4v) is 16.0. The Hall–Kier alpha value is -4.24. The van der Waals surface area contributed by atoms with Crippen LogP contribution >= 0.6 is 0 Å². The van der Waals surface area contributed by atoms with Crippen molar-refractivity contribution in [2.75, 3.05) is 0 Å². The molecule has 7 aromatic rings. The van der Waals surface area contributed by atoms with Crippen LogP contribution in [0, 0.1) is 56.8 Å². The van der Waals surface area contributed by atoms with E-state index in [1.54, 1.807) is 11.1 Å². The summed E-state index contributed by atoms with van der Waals surface area (Å²) in [6.07, 6.45) is 18.5. The van der Waals surface area contributed by atoms with Crippen LogP contribution in [0.3, 0.4) is 0 Å². The normalized spacial score (nSPS) is 32.5. The Balaban J connectivity index is 1.23. The second-order valence-corrected chi connectivity index (χ2v) is 20.0.